The second kappa shape index (κ2) is 7.24. The number of rotatable bonds is 5. The highest BCUT2D eigenvalue weighted by molar-refractivity contribution is 9.10. The minimum atomic E-state index is -0.901. The quantitative estimate of drug-likeness (QED) is 0.872. The molecular formula is C15H22BrN3O2. The fourth-order valence-electron chi connectivity index (χ4n) is 2.45. The molecule has 21 heavy (non-hydrogen) atoms. The molecule has 0 atom stereocenters. The van der Waals surface area contributed by atoms with Crippen LogP contribution in [0.1, 0.15) is 10.4 Å². The van der Waals surface area contributed by atoms with Crippen LogP contribution in [0.4, 0.5) is 5.69 Å². The highest BCUT2D eigenvalue weighted by atomic mass is 79.9. The van der Waals surface area contributed by atoms with Crippen molar-refractivity contribution in [3.63, 3.8) is 0 Å². The third-order valence-corrected chi connectivity index (χ3v) is 4.44. The number of aromatic carboxylic acids is 1. The highest BCUT2D eigenvalue weighted by Gasteiger charge is 2.18. The molecule has 0 unspecified atom stereocenters. The first kappa shape index (κ1) is 16.3. The largest absolute Gasteiger partial charge is 0.478 e. The van der Waals surface area contributed by atoms with Crippen LogP contribution in [0.5, 0.6) is 0 Å². The molecule has 6 heteroatoms. The summed E-state index contributed by atoms with van der Waals surface area (Å²) in [5, 5.41) is 9.05. The van der Waals surface area contributed by atoms with Gasteiger partial charge in [-0.2, -0.15) is 0 Å². The Kier molecular flexibility index (Phi) is 5.61. The molecule has 2 rings (SSSR count). The monoisotopic (exact) mass is 355 g/mol. The SMILES string of the molecule is CN(C)CCN1CCN(c2ccc(C(=O)O)c(Br)c2)CC1. The lowest BCUT2D eigenvalue weighted by molar-refractivity contribution is 0.0696. The first-order valence-electron chi connectivity index (χ1n) is 7.12. The van der Waals surface area contributed by atoms with Crippen molar-refractivity contribution in [2.24, 2.45) is 0 Å². The van der Waals surface area contributed by atoms with Gasteiger partial charge in [0.25, 0.3) is 0 Å². The summed E-state index contributed by atoms with van der Waals surface area (Å²) in [6.45, 7) is 6.23. The molecule has 1 aliphatic heterocycles. The molecule has 1 saturated heterocycles. The van der Waals surface area contributed by atoms with Gasteiger partial charge in [0.2, 0.25) is 0 Å². The van der Waals surface area contributed by atoms with E-state index in [0.29, 0.717) is 10.0 Å². The van der Waals surface area contributed by atoms with E-state index in [4.69, 9.17) is 5.11 Å². The topological polar surface area (TPSA) is 47.0 Å². The third kappa shape index (κ3) is 4.43. The van der Waals surface area contributed by atoms with E-state index >= 15 is 0 Å². The number of benzene rings is 1. The van der Waals surface area contributed by atoms with Gasteiger partial charge in [0, 0.05) is 49.4 Å². The molecule has 1 aromatic carbocycles. The number of hydrogen-bond acceptors (Lipinski definition) is 4. The minimum absolute atomic E-state index is 0.309. The molecule has 116 valence electrons. The summed E-state index contributed by atoms with van der Waals surface area (Å²) in [7, 11) is 4.19. The van der Waals surface area contributed by atoms with Crippen molar-refractivity contribution in [3.05, 3.63) is 28.2 Å². The van der Waals surface area contributed by atoms with Crippen LogP contribution in [-0.4, -0.2) is 74.2 Å². The lowest BCUT2D eigenvalue weighted by Gasteiger charge is -2.36. The van der Waals surface area contributed by atoms with Crippen LogP contribution in [0.15, 0.2) is 22.7 Å². The average Bonchev–Trinajstić information content (AvgIpc) is 2.45. The first-order chi connectivity index (χ1) is 9.97. The number of carboxylic acid groups (broad SMARTS) is 1. The zero-order valence-corrected chi connectivity index (χ0v) is 14.1. The standard InChI is InChI=1S/C15H22BrN3O2/c1-17(2)5-6-18-7-9-19(10-8-18)12-3-4-13(15(20)21)14(16)11-12/h3-4,11H,5-10H2,1-2H3,(H,20,21). The zero-order valence-electron chi connectivity index (χ0n) is 12.5. The Morgan fingerprint density at radius 3 is 2.48 bits per heavy atom. The van der Waals surface area contributed by atoms with E-state index in [2.05, 4.69) is 44.7 Å². The van der Waals surface area contributed by atoms with Gasteiger partial charge in [0.15, 0.2) is 0 Å². The van der Waals surface area contributed by atoms with Crippen LogP contribution in [-0.2, 0) is 0 Å². The van der Waals surface area contributed by atoms with E-state index in [1.807, 2.05) is 12.1 Å². The summed E-state index contributed by atoms with van der Waals surface area (Å²) in [6.07, 6.45) is 0. The van der Waals surface area contributed by atoms with Crippen LogP contribution in [0, 0.1) is 0 Å². The van der Waals surface area contributed by atoms with E-state index in [0.717, 1.165) is 45.0 Å². The second-order valence-electron chi connectivity index (χ2n) is 5.60. The Bertz CT molecular complexity index is 500. The predicted octanol–water partition coefficient (Wildman–Crippen LogP) is 1.83. The molecular weight excluding hydrogens is 334 g/mol. The van der Waals surface area contributed by atoms with Crippen molar-refractivity contribution in [1.82, 2.24) is 9.80 Å². The molecule has 1 aromatic rings. The second-order valence-corrected chi connectivity index (χ2v) is 6.46. The molecule has 0 saturated carbocycles. The Morgan fingerprint density at radius 2 is 1.95 bits per heavy atom. The van der Waals surface area contributed by atoms with Gasteiger partial charge in [0.1, 0.15) is 0 Å². The number of carbonyl (C=O) groups is 1. The van der Waals surface area contributed by atoms with E-state index < -0.39 is 5.97 Å². The molecule has 1 fully saturated rings. The lowest BCUT2D eigenvalue weighted by atomic mass is 10.2. The Balaban J connectivity index is 1.93. The van der Waals surface area contributed by atoms with Gasteiger partial charge in [-0.15, -0.1) is 0 Å². The van der Waals surface area contributed by atoms with E-state index in [1.54, 1.807) is 6.07 Å². The molecule has 0 aromatic heterocycles. The number of hydrogen-bond donors (Lipinski definition) is 1. The smallest absolute Gasteiger partial charge is 0.336 e. The van der Waals surface area contributed by atoms with Gasteiger partial charge in [-0.05, 0) is 48.2 Å². The van der Waals surface area contributed by atoms with Crippen molar-refractivity contribution in [3.8, 4) is 0 Å². The van der Waals surface area contributed by atoms with Crippen LogP contribution in [0.3, 0.4) is 0 Å². The van der Waals surface area contributed by atoms with Crippen molar-refractivity contribution >= 4 is 27.6 Å². The summed E-state index contributed by atoms with van der Waals surface area (Å²) in [4.78, 5) is 18.0. The maximum atomic E-state index is 11.0. The van der Waals surface area contributed by atoms with Crippen molar-refractivity contribution in [2.45, 2.75) is 0 Å². The molecule has 1 heterocycles. The van der Waals surface area contributed by atoms with Gasteiger partial charge in [-0.25, -0.2) is 4.79 Å². The van der Waals surface area contributed by atoms with E-state index in [1.165, 1.54) is 0 Å². The molecule has 0 spiro atoms. The Morgan fingerprint density at radius 1 is 1.29 bits per heavy atom. The lowest BCUT2D eigenvalue weighted by Crippen LogP contribution is -2.48. The summed E-state index contributed by atoms with van der Waals surface area (Å²) in [5.41, 5.74) is 1.39. The van der Waals surface area contributed by atoms with Crippen molar-refractivity contribution in [2.75, 3.05) is 58.3 Å². The van der Waals surface area contributed by atoms with Gasteiger partial charge < -0.3 is 14.9 Å². The van der Waals surface area contributed by atoms with Crippen LogP contribution in [0.2, 0.25) is 0 Å². The van der Waals surface area contributed by atoms with Crippen LogP contribution < -0.4 is 4.90 Å². The Hall–Kier alpha value is -1.11. The maximum absolute atomic E-state index is 11.0. The fourth-order valence-corrected chi connectivity index (χ4v) is 2.98. The summed E-state index contributed by atoms with van der Waals surface area (Å²) in [6, 6.07) is 5.46. The summed E-state index contributed by atoms with van der Waals surface area (Å²) >= 11 is 3.34. The van der Waals surface area contributed by atoms with Gasteiger partial charge in [0.05, 0.1) is 5.56 Å². The van der Waals surface area contributed by atoms with Gasteiger partial charge in [-0.1, -0.05) is 0 Å². The van der Waals surface area contributed by atoms with Crippen LogP contribution in [0.25, 0.3) is 0 Å². The van der Waals surface area contributed by atoms with Gasteiger partial charge >= 0.3 is 5.97 Å². The normalized spacial score (nSPS) is 16.5. The number of nitrogens with zero attached hydrogens (tertiary/aromatic N) is 3. The zero-order chi connectivity index (χ0) is 15.4. The van der Waals surface area contributed by atoms with E-state index in [-0.39, 0.29) is 0 Å². The molecule has 0 amide bonds. The fraction of sp³-hybridized carbons (Fsp3) is 0.533. The molecule has 1 N–H and O–H groups in total. The molecule has 0 radical (unpaired) electrons. The molecule has 1 aliphatic rings. The number of anilines is 1. The van der Waals surface area contributed by atoms with Crippen molar-refractivity contribution in [1.29, 1.82) is 0 Å². The first-order valence-corrected chi connectivity index (χ1v) is 7.91. The van der Waals surface area contributed by atoms with Crippen LogP contribution >= 0.6 is 15.9 Å². The highest BCUT2D eigenvalue weighted by Crippen LogP contribution is 2.25. The number of carboxylic acids is 1. The maximum Gasteiger partial charge on any atom is 0.336 e. The number of piperazine rings is 1. The summed E-state index contributed by atoms with van der Waals surface area (Å²) < 4.78 is 0.641. The molecule has 5 nitrogen and oxygen atoms in total. The van der Waals surface area contributed by atoms with Crippen molar-refractivity contribution < 1.29 is 9.90 Å². The number of likely N-dealkylation sites (N-methyl/N-ethyl adjacent to an activating group) is 1. The summed E-state index contributed by atoms with van der Waals surface area (Å²) in [5.74, 6) is -0.901. The third-order valence-electron chi connectivity index (χ3n) is 3.78. The number of halogens is 1. The average molecular weight is 356 g/mol. The predicted molar refractivity (Wildman–Crippen MR) is 88.3 cm³/mol. The minimum Gasteiger partial charge on any atom is -0.478 e. The molecule has 0 aliphatic carbocycles. The Labute approximate surface area is 134 Å². The van der Waals surface area contributed by atoms with E-state index in [9.17, 15) is 4.79 Å². The van der Waals surface area contributed by atoms with Gasteiger partial charge in [-0.3, -0.25) is 4.90 Å². The molecule has 0 bridgehead atoms.